The molecule has 92 valence electrons. The summed E-state index contributed by atoms with van der Waals surface area (Å²) in [5.74, 6) is 1.76. The van der Waals surface area contributed by atoms with Crippen LogP contribution in [0.3, 0.4) is 0 Å². The van der Waals surface area contributed by atoms with Crippen molar-refractivity contribution in [1.82, 2.24) is 4.90 Å². The first-order valence-corrected chi connectivity index (χ1v) is 7.00. The minimum atomic E-state index is 0.219. The molecular weight excluding hydrogens is 220 g/mol. The number of hydrogen-bond donors (Lipinski definition) is 0. The number of nitrogens with zero attached hydrogens (tertiary/aromatic N) is 2. The molecule has 0 aromatic rings. The van der Waals surface area contributed by atoms with Crippen LogP contribution in [0.2, 0.25) is 0 Å². The van der Waals surface area contributed by atoms with Gasteiger partial charge in [0, 0.05) is 24.8 Å². The first-order chi connectivity index (χ1) is 7.52. The zero-order valence-electron chi connectivity index (χ0n) is 10.7. The highest BCUT2D eigenvalue weighted by Gasteiger charge is 2.26. The molecule has 0 aromatic carbocycles. The highest BCUT2D eigenvalue weighted by atomic mass is 32.2. The van der Waals surface area contributed by atoms with Crippen molar-refractivity contribution in [3.63, 3.8) is 0 Å². The molecule has 4 heteroatoms. The van der Waals surface area contributed by atoms with Crippen molar-refractivity contribution in [3.05, 3.63) is 0 Å². The van der Waals surface area contributed by atoms with Crippen molar-refractivity contribution < 1.29 is 4.79 Å². The van der Waals surface area contributed by atoms with Crippen LogP contribution < -0.4 is 0 Å². The average Bonchev–Trinajstić information content (AvgIpc) is 2.16. The van der Waals surface area contributed by atoms with E-state index in [1.165, 1.54) is 0 Å². The van der Waals surface area contributed by atoms with Crippen molar-refractivity contribution >= 4 is 22.8 Å². The molecular formula is C12H22N2OS. The second kappa shape index (κ2) is 6.28. The summed E-state index contributed by atoms with van der Waals surface area (Å²) in [5, 5.41) is 0.923. The maximum Gasteiger partial charge on any atom is 0.229 e. The van der Waals surface area contributed by atoms with Gasteiger partial charge >= 0.3 is 0 Å². The number of hydrogen-bond acceptors (Lipinski definition) is 3. The van der Waals surface area contributed by atoms with Gasteiger partial charge in [-0.05, 0) is 26.2 Å². The molecule has 0 unspecified atom stereocenters. The predicted octanol–water partition coefficient (Wildman–Crippen LogP) is 2.76. The number of aliphatic imine (C=N–C) groups is 1. The first kappa shape index (κ1) is 13.6. The molecule has 3 nitrogen and oxygen atoms in total. The molecule has 1 aliphatic heterocycles. The highest BCUT2D eigenvalue weighted by Crippen LogP contribution is 2.21. The van der Waals surface area contributed by atoms with Crippen molar-refractivity contribution in [3.8, 4) is 0 Å². The van der Waals surface area contributed by atoms with Gasteiger partial charge in [-0.2, -0.15) is 0 Å². The van der Waals surface area contributed by atoms with Crippen LogP contribution in [0.5, 0.6) is 0 Å². The highest BCUT2D eigenvalue weighted by molar-refractivity contribution is 8.13. The first-order valence-electron chi connectivity index (χ1n) is 6.01. The Kier molecular flexibility index (Phi) is 5.32. The van der Waals surface area contributed by atoms with Crippen LogP contribution in [-0.2, 0) is 4.79 Å². The van der Waals surface area contributed by atoms with Gasteiger partial charge in [0.25, 0.3) is 0 Å². The summed E-state index contributed by atoms with van der Waals surface area (Å²) in [7, 11) is 0. The SMILES string of the molecule is CC(C)CCN=C1SCCC(=O)N1C(C)C. The minimum absolute atomic E-state index is 0.219. The van der Waals surface area contributed by atoms with Gasteiger partial charge in [0.1, 0.15) is 0 Å². The zero-order chi connectivity index (χ0) is 12.1. The standard InChI is InChI=1S/C12H22N2OS/c1-9(2)5-7-13-12-14(10(3)4)11(15)6-8-16-12/h9-10H,5-8H2,1-4H3. The molecule has 1 fully saturated rings. The minimum Gasteiger partial charge on any atom is -0.289 e. The molecule has 1 amide bonds. The van der Waals surface area contributed by atoms with E-state index >= 15 is 0 Å². The second-order valence-corrected chi connectivity index (χ2v) is 5.86. The van der Waals surface area contributed by atoms with Gasteiger partial charge in [0.05, 0.1) is 0 Å². The lowest BCUT2D eigenvalue weighted by molar-refractivity contribution is -0.128. The Hall–Kier alpha value is -0.510. The summed E-state index contributed by atoms with van der Waals surface area (Å²) >= 11 is 1.71. The second-order valence-electron chi connectivity index (χ2n) is 4.80. The molecule has 16 heavy (non-hydrogen) atoms. The van der Waals surface area contributed by atoms with E-state index in [4.69, 9.17) is 0 Å². The van der Waals surface area contributed by atoms with Gasteiger partial charge in [-0.3, -0.25) is 14.7 Å². The van der Waals surface area contributed by atoms with E-state index in [1.807, 2.05) is 18.7 Å². The Bertz CT molecular complexity index is 274. The smallest absolute Gasteiger partial charge is 0.229 e. The summed E-state index contributed by atoms with van der Waals surface area (Å²) in [6.07, 6.45) is 1.73. The molecule has 1 saturated heterocycles. The Balaban J connectivity index is 2.64. The van der Waals surface area contributed by atoms with Crippen molar-refractivity contribution in [1.29, 1.82) is 0 Å². The molecule has 1 heterocycles. The molecule has 0 aliphatic carbocycles. The predicted molar refractivity (Wildman–Crippen MR) is 70.8 cm³/mol. The lowest BCUT2D eigenvalue weighted by atomic mass is 10.1. The molecule has 0 atom stereocenters. The fourth-order valence-electron chi connectivity index (χ4n) is 1.58. The van der Waals surface area contributed by atoms with E-state index in [-0.39, 0.29) is 11.9 Å². The summed E-state index contributed by atoms with van der Waals surface area (Å²) in [5.41, 5.74) is 0. The van der Waals surface area contributed by atoms with Crippen molar-refractivity contribution in [2.24, 2.45) is 10.9 Å². The lowest BCUT2D eigenvalue weighted by Crippen LogP contribution is -2.43. The summed E-state index contributed by atoms with van der Waals surface area (Å²) < 4.78 is 0. The maximum atomic E-state index is 11.8. The normalized spacial score (nSPS) is 20.2. The van der Waals surface area contributed by atoms with Crippen LogP contribution in [0.15, 0.2) is 4.99 Å². The molecule has 0 spiro atoms. The monoisotopic (exact) mass is 242 g/mol. The van der Waals surface area contributed by atoms with Crippen molar-refractivity contribution in [2.75, 3.05) is 12.3 Å². The third kappa shape index (κ3) is 3.81. The van der Waals surface area contributed by atoms with Gasteiger partial charge in [-0.15, -0.1) is 0 Å². The Morgan fingerprint density at radius 3 is 2.62 bits per heavy atom. The molecule has 0 radical (unpaired) electrons. The van der Waals surface area contributed by atoms with E-state index in [9.17, 15) is 4.79 Å². The Morgan fingerprint density at radius 2 is 2.06 bits per heavy atom. The number of amidine groups is 1. The third-order valence-corrected chi connectivity index (χ3v) is 3.48. The summed E-state index contributed by atoms with van der Waals surface area (Å²) in [4.78, 5) is 18.2. The van der Waals surface area contributed by atoms with Gasteiger partial charge in [0.2, 0.25) is 5.91 Å². The molecule has 0 saturated carbocycles. The third-order valence-electron chi connectivity index (χ3n) is 2.49. The van der Waals surface area contributed by atoms with Crippen LogP contribution in [-0.4, -0.2) is 34.3 Å². The lowest BCUT2D eigenvalue weighted by Gasteiger charge is -2.31. The van der Waals surface area contributed by atoms with E-state index in [0.29, 0.717) is 12.3 Å². The van der Waals surface area contributed by atoms with Gasteiger partial charge < -0.3 is 0 Å². The van der Waals surface area contributed by atoms with E-state index in [0.717, 1.165) is 23.9 Å². The van der Waals surface area contributed by atoms with Crippen molar-refractivity contribution in [2.45, 2.75) is 46.6 Å². The number of rotatable bonds is 4. The number of thioether (sulfide) groups is 1. The van der Waals surface area contributed by atoms with Gasteiger partial charge in [-0.1, -0.05) is 25.6 Å². The molecule has 1 rings (SSSR count). The molecule has 1 aliphatic rings. The van der Waals surface area contributed by atoms with Crippen LogP contribution in [0, 0.1) is 5.92 Å². The Labute approximate surface area is 103 Å². The summed E-state index contributed by atoms with van der Waals surface area (Å²) in [6, 6.07) is 0.220. The van der Waals surface area contributed by atoms with Crippen LogP contribution in [0.4, 0.5) is 0 Å². The quantitative estimate of drug-likeness (QED) is 0.759. The van der Waals surface area contributed by atoms with Crippen LogP contribution >= 0.6 is 11.8 Å². The maximum absolute atomic E-state index is 11.8. The Morgan fingerprint density at radius 1 is 1.38 bits per heavy atom. The van der Waals surface area contributed by atoms with E-state index in [2.05, 4.69) is 18.8 Å². The fraction of sp³-hybridized carbons (Fsp3) is 0.833. The van der Waals surface area contributed by atoms with Crippen LogP contribution in [0.1, 0.15) is 40.5 Å². The molecule has 0 N–H and O–H groups in total. The number of carbonyl (C=O) groups is 1. The number of carbonyl (C=O) groups excluding carboxylic acids is 1. The number of amides is 1. The summed E-state index contributed by atoms with van der Waals surface area (Å²) in [6.45, 7) is 9.30. The largest absolute Gasteiger partial charge is 0.289 e. The van der Waals surface area contributed by atoms with Crippen LogP contribution in [0.25, 0.3) is 0 Å². The fourth-order valence-corrected chi connectivity index (χ4v) is 2.67. The average molecular weight is 242 g/mol. The van der Waals surface area contributed by atoms with Gasteiger partial charge in [0.15, 0.2) is 5.17 Å². The molecule has 0 bridgehead atoms. The topological polar surface area (TPSA) is 32.7 Å². The molecule has 0 aromatic heterocycles. The van der Waals surface area contributed by atoms with E-state index < -0.39 is 0 Å². The van der Waals surface area contributed by atoms with Gasteiger partial charge in [-0.25, -0.2) is 0 Å². The van der Waals surface area contributed by atoms with E-state index in [1.54, 1.807) is 11.8 Å². The zero-order valence-corrected chi connectivity index (χ0v) is 11.5.